The van der Waals surface area contributed by atoms with Crippen molar-refractivity contribution in [3.63, 3.8) is 0 Å². The molecule has 86 valence electrons. The van der Waals surface area contributed by atoms with Crippen LogP contribution < -0.4 is 0 Å². The lowest BCUT2D eigenvalue weighted by Gasteiger charge is -2.33. The summed E-state index contributed by atoms with van der Waals surface area (Å²) in [7, 11) is 0. The summed E-state index contributed by atoms with van der Waals surface area (Å²) in [5, 5.41) is 7.74. The van der Waals surface area contributed by atoms with Gasteiger partial charge in [-0.05, 0) is 35.5 Å². The molecule has 2 rings (SSSR count). The number of benzene rings is 1. The van der Waals surface area contributed by atoms with E-state index < -0.39 is 11.1 Å². The van der Waals surface area contributed by atoms with Crippen molar-refractivity contribution < 1.29 is 0 Å². The van der Waals surface area contributed by atoms with Crippen molar-refractivity contribution in [3.8, 4) is 0 Å². The molecule has 0 spiro atoms. The zero-order valence-corrected chi connectivity index (χ0v) is 9.70. The summed E-state index contributed by atoms with van der Waals surface area (Å²) >= 11 is 0. The molecule has 0 heterocycles. The van der Waals surface area contributed by atoms with Gasteiger partial charge < -0.3 is 0 Å². The van der Waals surface area contributed by atoms with E-state index in [2.05, 4.69) is 20.1 Å². The number of nitrogens with zero attached hydrogens (tertiary/aromatic N) is 6. The third-order valence-corrected chi connectivity index (χ3v) is 3.64. The van der Waals surface area contributed by atoms with Gasteiger partial charge in [0, 0.05) is 9.82 Å². The highest BCUT2D eigenvalue weighted by Gasteiger charge is 2.51. The molecule has 1 aromatic carbocycles. The van der Waals surface area contributed by atoms with Gasteiger partial charge in [-0.2, -0.15) is 0 Å². The summed E-state index contributed by atoms with van der Waals surface area (Å²) in [6, 6.07) is 7.71. The largest absolute Gasteiger partial charge is 0.0862 e. The molecule has 1 aromatic rings. The van der Waals surface area contributed by atoms with Crippen LogP contribution in [0.15, 0.2) is 34.5 Å². The molecule has 0 aromatic heterocycles. The van der Waals surface area contributed by atoms with Gasteiger partial charge in [-0.25, -0.2) is 0 Å². The molecule has 2 atom stereocenters. The molecule has 0 radical (unpaired) electrons. The van der Waals surface area contributed by atoms with Gasteiger partial charge in [-0.1, -0.05) is 41.4 Å². The Labute approximate surface area is 98.5 Å². The minimum absolute atomic E-state index is 0.586. The average Bonchev–Trinajstić information content (AvgIpc) is 2.50. The smallest absolute Gasteiger partial charge is 0.0825 e. The van der Waals surface area contributed by atoms with Crippen molar-refractivity contribution in [2.75, 3.05) is 0 Å². The molecule has 0 amide bonds. The third-order valence-electron chi connectivity index (χ3n) is 3.64. The Bertz CT molecular complexity index is 555. The van der Waals surface area contributed by atoms with Crippen molar-refractivity contribution >= 4 is 0 Å². The first-order chi connectivity index (χ1) is 8.07. The van der Waals surface area contributed by atoms with E-state index in [0.717, 1.165) is 11.1 Å². The van der Waals surface area contributed by atoms with E-state index in [0.29, 0.717) is 6.42 Å². The summed E-state index contributed by atoms with van der Waals surface area (Å²) in [6.07, 6.45) is 0.586. The molecule has 17 heavy (non-hydrogen) atoms. The Morgan fingerprint density at radius 1 is 1.12 bits per heavy atom. The molecule has 1 aliphatic rings. The molecule has 0 unspecified atom stereocenters. The van der Waals surface area contributed by atoms with Crippen molar-refractivity contribution in [1.29, 1.82) is 0 Å². The fourth-order valence-electron chi connectivity index (χ4n) is 2.46. The molecule has 1 aliphatic carbocycles. The van der Waals surface area contributed by atoms with Crippen molar-refractivity contribution in [1.82, 2.24) is 0 Å². The maximum atomic E-state index is 8.74. The lowest BCUT2D eigenvalue weighted by Crippen LogP contribution is -2.40. The van der Waals surface area contributed by atoms with Crippen LogP contribution in [0.2, 0.25) is 0 Å². The van der Waals surface area contributed by atoms with Crippen LogP contribution >= 0.6 is 0 Å². The van der Waals surface area contributed by atoms with Gasteiger partial charge >= 0.3 is 0 Å². The van der Waals surface area contributed by atoms with E-state index in [1.54, 1.807) is 0 Å². The second kappa shape index (κ2) is 3.70. The Kier molecular flexibility index (Phi) is 2.46. The average molecular weight is 228 g/mol. The summed E-state index contributed by atoms with van der Waals surface area (Å²) in [6.45, 7) is 3.63. The SMILES string of the molecule is C[C@@]1(N=[N+]=[N-])Cc2ccccc2[C@@]1(C)N=[N+]=[N-]. The minimum Gasteiger partial charge on any atom is -0.0862 e. The Morgan fingerprint density at radius 2 is 1.76 bits per heavy atom. The second-order valence-electron chi connectivity index (χ2n) is 4.56. The summed E-state index contributed by atoms with van der Waals surface area (Å²) < 4.78 is 0. The topological polar surface area (TPSA) is 97.5 Å². The lowest BCUT2D eigenvalue weighted by atomic mass is 9.81. The highest BCUT2D eigenvalue weighted by molar-refractivity contribution is 5.44. The molecule has 6 heteroatoms. The first-order valence-corrected chi connectivity index (χ1v) is 5.28. The standard InChI is InChI=1S/C11H12N6/c1-10(14-16-12)7-8-5-3-4-6-9(8)11(10,2)15-17-13/h3-6H,7H2,1-2H3/t10-,11-/m1/s1. The van der Waals surface area contributed by atoms with Crippen LogP contribution in [-0.2, 0) is 12.0 Å². The molecule has 0 saturated carbocycles. The van der Waals surface area contributed by atoms with Crippen LogP contribution in [0, 0.1) is 0 Å². The molecule has 6 nitrogen and oxygen atoms in total. The fraction of sp³-hybridized carbons (Fsp3) is 0.455. The van der Waals surface area contributed by atoms with Gasteiger partial charge in [0.25, 0.3) is 0 Å². The van der Waals surface area contributed by atoms with Crippen LogP contribution in [0.25, 0.3) is 20.9 Å². The molecule has 0 saturated heterocycles. The molecular formula is C11H12N6. The maximum Gasteiger partial charge on any atom is 0.0825 e. The number of hydrogen-bond donors (Lipinski definition) is 0. The Balaban J connectivity index is 2.71. The van der Waals surface area contributed by atoms with E-state index in [1.807, 2.05) is 38.1 Å². The zero-order chi connectivity index (χ0) is 12.5. The summed E-state index contributed by atoms with van der Waals surface area (Å²) in [4.78, 5) is 5.80. The van der Waals surface area contributed by atoms with E-state index >= 15 is 0 Å². The zero-order valence-electron chi connectivity index (χ0n) is 9.70. The van der Waals surface area contributed by atoms with Gasteiger partial charge in [0.05, 0.1) is 11.1 Å². The first-order valence-electron chi connectivity index (χ1n) is 5.28. The van der Waals surface area contributed by atoms with E-state index in [4.69, 9.17) is 11.1 Å². The van der Waals surface area contributed by atoms with E-state index in [-0.39, 0.29) is 0 Å². The quantitative estimate of drug-likeness (QED) is 0.417. The Hall–Kier alpha value is -2.16. The minimum atomic E-state index is -0.829. The normalized spacial score (nSPS) is 30.0. The predicted octanol–water partition coefficient (Wildman–Crippen LogP) is 3.84. The lowest BCUT2D eigenvalue weighted by molar-refractivity contribution is 0.292. The van der Waals surface area contributed by atoms with Crippen molar-refractivity contribution in [2.45, 2.75) is 31.3 Å². The molecule has 0 aliphatic heterocycles. The molecule has 0 bridgehead atoms. The van der Waals surface area contributed by atoms with Crippen LogP contribution in [0.5, 0.6) is 0 Å². The highest BCUT2D eigenvalue weighted by atomic mass is 15.3. The van der Waals surface area contributed by atoms with Gasteiger partial charge in [0.15, 0.2) is 0 Å². The first kappa shape index (κ1) is 11.3. The van der Waals surface area contributed by atoms with Gasteiger partial charge in [-0.15, -0.1) is 0 Å². The third kappa shape index (κ3) is 1.43. The summed E-state index contributed by atoms with van der Waals surface area (Å²) in [5.41, 5.74) is 17.9. The number of rotatable bonds is 2. The van der Waals surface area contributed by atoms with Crippen molar-refractivity contribution in [2.24, 2.45) is 10.2 Å². The van der Waals surface area contributed by atoms with Crippen LogP contribution in [-0.4, -0.2) is 5.54 Å². The van der Waals surface area contributed by atoms with Crippen LogP contribution in [0.4, 0.5) is 0 Å². The maximum absolute atomic E-state index is 8.74. The second-order valence-corrected chi connectivity index (χ2v) is 4.56. The number of azide groups is 2. The molecule has 0 N–H and O–H groups in total. The monoisotopic (exact) mass is 228 g/mol. The van der Waals surface area contributed by atoms with E-state index in [1.165, 1.54) is 0 Å². The molecule has 0 fully saturated rings. The predicted molar refractivity (Wildman–Crippen MR) is 64.2 cm³/mol. The van der Waals surface area contributed by atoms with Crippen LogP contribution in [0.3, 0.4) is 0 Å². The number of hydrogen-bond acceptors (Lipinski definition) is 2. The van der Waals surface area contributed by atoms with Gasteiger partial charge in [-0.3, -0.25) is 0 Å². The number of fused-ring (bicyclic) bond motifs is 1. The molecular weight excluding hydrogens is 216 g/mol. The Morgan fingerprint density at radius 3 is 2.41 bits per heavy atom. The van der Waals surface area contributed by atoms with E-state index in [9.17, 15) is 0 Å². The van der Waals surface area contributed by atoms with Gasteiger partial charge in [0.2, 0.25) is 0 Å². The highest BCUT2D eigenvalue weighted by Crippen LogP contribution is 2.49. The van der Waals surface area contributed by atoms with Crippen molar-refractivity contribution in [3.05, 3.63) is 56.3 Å². The van der Waals surface area contributed by atoms with Gasteiger partial charge in [0.1, 0.15) is 0 Å². The van der Waals surface area contributed by atoms with Crippen LogP contribution in [0.1, 0.15) is 25.0 Å². The fourth-order valence-corrected chi connectivity index (χ4v) is 2.46. The summed E-state index contributed by atoms with van der Waals surface area (Å²) in [5.74, 6) is 0.